The highest BCUT2D eigenvalue weighted by Gasteiger charge is 2.24. The fraction of sp³-hybridized carbons (Fsp3) is 0.600. The molecule has 110 valence electrons. The maximum Gasteiger partial charge on any atom is 0.254 e. The number of aromatic nitrogens is 1. The van der Waals surface area contributed by atoms with Crippen molar-refractivity contribution in [2.45, 2.75) is 12.8 Å². The van der Waals surface area contributed by atoms with Crippen molar-refractivity contribution in [3.05, 3.63) is 23.9 Å². The van der Waals surface area contributed by atoms with Crippen LogP contribution in [0.2, 0.25) is 0 Å². The van der Waals surface area contributed by atoms with E-state index in [1.807, 2.05) is 18.0 Å². The molecule has 1 amide bonds. The van der Waals surface area contributed by atoms with Crippen LogP contribution >= 0.6 is 0 Å². The van der Waals surface area contributed by atoms with Gasteiger partial charge in [-0.15, -0.1) is 0 Å². The zero-order valence-electron chi connectivity index (χ0n) is 12.6. The molecule has 5 heteroatoms. The van der Waals surface area contributed by atoms with Crippen molar-refractivity contribution in [3.63, 3.8) is 0 Å². The van der Waals surface area contributed by atoms with Crippen LogP contribution in [-0.4, -0.2) is 61.5 Å². The van der Waals surface area contributed by atoms with Crippen LogP contribution in [0, 0.1) is 5.92 Å². The summed E-state index contributed by atoms with van der Waals surface area (Å²) in [6.07, 6.45) is 3.86. The van der Waals surface area contributed by atoms with Gasteiger partial charge in [-0.25, -0.2) is 4.98 Å². The Kier molecular flexibility index (Phi) is 4.95. The number of nitrogens with one attached hydrogen (secondary N) is 1. The first-order valence-corrected chi connectivity index (χ1v) is 7.18. The van der Waals surface area contributed by atoms with Gasteiger partial charge in [0.15, 0.2) is 0 Å². The van der Waals surface area contributed by atoms with Gasteiger partial charge < -0.3 is 15.1 Å². The second kappa shape index (κ2) is 6.70. The molecule has 0 bridgehead atoms. The highest BCUT2D eigenvalue weighted by molar-refractivity contribution is 5.94. The molecule has 2 heterocycles. The smallest absolute Gasteiger partial charge is 0.254 e. The SMILES string of the molecule is CNc1cc(C(=O)N2CCC(CN(C)C)CC2)ccn1. The predicted molar refractivity (Wildman–Crippen MR) is 81.0 cm³/mol. The van der Waals surface area contributed by atoms with Crippen molar-refractivity contribution in [2.24, 2.45) is 5.92 Å². The molecule has 0 unspecified atom stereocenters. The number of anilines is 1. The molecule has 1 N–H and O–H groups in total. The Morgan fingerprint density at radius 3 is 2.75 bits per heavy atom. The third-order valence-corrected chi connectivity index (χ3v) is 3.79. The van der Waals surface area contributed by atoms with Crippen molar-refractivity contribution < 1.29 is 4.79 Å². The molecule has 0 atom stereocenters. The Morgan fingerprint density at radius 2 is 2.15 bits per heavy atom. The number of amides is 1. The molecule has 1 aliphatic heterocycles. The normalized spacial score (nSPS) is 16.5. The number of hydrogen-bond acceptors (Lipinski definition) is 4. The summed E-state index contributed by atoms with van der Waals surface area (Å²) < 4.78 is 0. The number of piperidine rings is 1. The number of nitrogens with zero attached hydrogens (tertiary/aromatic N) is 3. The molecular formula is C15H24N4O. The van der Waals surface area contributed by atoms with Gasteiger partial charge in [0.2, 0.25) is 0 Å². The van der Waals surface area contributed by atoms with Crippen LogP contribution in [0.15, 0.2) is 18.3 Å². The molecule has 1 aromatic heterocycles. The van der Waals surface area contributed by atoms with Gasteiger partial charge in [-0.1, -0.05) is 0 Å². The standard InChI is InChI=1S/C15H24N4O/c1-16-14-10-13(4-7-17-14)15(20)19-8-5-12(6-9-19)11-18(2)3/h4,7,10,12H,5-6,8-9,11H2,1-3H3,(H,16,17). The van der Waals surface area contributed by atoms with Crippen molar-refractivity contribution in [1.29, 1.82) is 0 Å². The van der Waals surface area contributed by atoms with Crippen LogP contribution in [0.4, 0.5) is 5.82 Å². The lowest BCUT2D eigenvalue weighted by Crippen LogP contribution is -2.40. The first kappa shape index (κ1) is 14.8. The fourth-order valence-electron chi connectivity index (χ4n) is 2.72. The van der Waals surface area contributed by atoms with E-state index in [4.69, 9.17) is 0 Å². The molecule has 0 aliphatic carbocycles. The van der Waals surface area contributed by atoms with Gasteiger partial charge in [-0.05, 0) is 45.0 Å². The summed E-state index contributed by atoms with van der Waals surface area (Å²) in [5.41, 5.74) is 0.718. The number of hydrogen-bond donors (Lipinski definition) is 1. The summed E-state index contributed by atoms with van der Waals surface area (Å²) in [7, 11) is 6.02. The zero-order chi connectivity index (χ0) is 14.5. The van der Waals surface area contributed by atoms with Crippen LogP contribution < -0.4 is 5.32 Å². The van der Waals surface area contributed by atoms with Gasteiger partial charge in [0.1, 0.15) is 5.82 Å². The van der Waals surface area contributed by atoms with E-state index in [2.05, 4.69) is 29.3 Å². The zero-order valence-corrected chi connectivity index (χ0v) is 12.6. The van der Waals surface area contributed by atoms with Crippen molar-refractivity contribution in [2.75, 3.05) is 46.1 Å². The Balaban J connectivity index is 1.94. The van der Waals surface area contributed by atoms with E-state index < -0.39 is 0 Å². The lowest BCUT2D eigenvalue weighted by Gasteiger charge is -2.33. The summed E-state index contributed by atoms with van der Waals surface area (Å²) >= 11 is 0. The summed E-state index contributed by atoms with van der Waals surface area (Å²) in [5.74, 6) is 1.56. The summed E-state index contributed by atoms with van der Waals surface area (Å²) in [5, 5.41) is 2.97. The minimum absolute atomic E-state index is 0.118. The molecule has 0 saturated carbocycles. The average Bonchev–Trinajstić information content (AvgIpc) is 2.47. The number of carbonyl (C=O) groups is 1. The molecule has 5 nitrogen and oxygen atoms in total. The second-order valence-electron chi connectivity index (χ2n) is 5.68. The lowest BCUT2D eigenvalue weighted by atomic mass is 9.96. The number of pyridine rings is 1. The first-order valence-electron chi connectivity index (χ1n) is 7.18. The first-order chi connectivity index (χ1) is 9.60. The molecule has 2 rings (SSSR count). The molecule has 0 spiro atoms. The number of carbonyl (C=O) groups excluding carboxylic acids is 1. The van der Waals surface area contributed by atoms with Gasteiger partial charge in [0.05, 0.1) is 0 Å². The van der Waals surface area contributed by atoms with Crippen LogP contribution in [0.5, 0.6) is 0 Å². The maximum absolute atomic E-state index is 12.5. The average molecular weight is 276 g/mol. The Labute approximate surface area is 121 Å². The van der Waals surface area contributed by atoms with Gasteiger partial charge in [0, 0.05) is 38.4 Å². The van der Waals surface area contributed by atoms with Crippen molar-refractivity contribution >= 4 is 11.7 Å². The second-order valence-corrected chi connectivity index (χ2v) is 5.68. The molecular weight excluding hydrogens is 252 g/mol. The molecule has 1 aliphatic rings. The van der Waals surface area contributed by atoms with E-state index in [-0.39, 0.29) is 5.91 Å². The largest absolute Gasteiger partial charge is 0.373 e. The molecule has 0 radical (unpaired) electrons. The van der Waals surface area contributed by atoms with Gasteiger partial charge in [-0.2, -0.15) is 0 Å². The quantitative estimate of drug-likeness (QED) is 0.906. The van der Waals surface area contributed by atoms with Crippen molar-refractivity contribution in [1.82, 2.24) is 14.8 Å². The van der Waals surface area contributed by atoms with E-state index in [0.717, 1.165) is 43.9 Å². The third kappa shape index (κ3) is 3.70. The molecule has 1 aromatic rings. The van der Waals surface area contributed by atoms with Crippen LogP contribution in [0.3, 0.4) is 0 Å². The van der Waals surface area contributed by atoms with Gasteiger partial charge in [0.25, 0.3) is 5.91 Å². The van der Waals surface area contributed by atoms with Gasteiger partial charge >= 0.3 is 0 Å². The number of rotatable bonds is 4. The topological polar surface area (TPSA) is 48.5 Å². The highest BCUT2D eigenvalue weighted by Crippen LogP contribution is 2.20. The Bertz CT molecular complexity index is 453. The third-order valence-electron chi connectivity index (χ3n) is 3.79. The lowest BCUT2D eigenvalue weighted by molar-refractivity contribution is 0.0678. The summed E-state index contributed by atoms with van der Waals surface area (Å²) in [6, 6.07) is 3.60. The van der Waals surface area contributed by atoms with Crippen LogP contribution in [0.25, 0.3) is 0 Å². The van der Waals surface area contributed by atoms with Crippen LogP contribution in [-0.2, 0) is 0 Å². The molecule has 1 saturated heterocycles. The van der Waals surface area contributed by atoms with E-state index in [1.54, 1.807) is 12.3 Å². The van der Waals surface area contributed by atoms with Gasteiger partial charge in [-0.3, -0.25) is 4.79 Å². The molecule has 20 heavy (non-hydrogen) atoms. The number of likely N-dealkylation sites (tertiary alicyclic amines) is 1. The van der Waals surface area contributed by atoms with E-state index in [1.165, 1.54) is 0 Å². The predicted octanol–water partition coefficient (Wildman–Crippen LogP) is 1.54. The molecule has 0 aromatic carbocycles. The summed E-state index contributed by atoms with van der Waals surface area (Å²) in [6.45, 7) is 2.82. The highest BCUT2D eigenvalue weighted by atomic mass is 16.2. The maximum atomic E-state index is 12.5. The fourth-order valence-corrected chi connectivity index (χ4v) is 2.72. The van der Waals surface area contributed by atoms with E-state index in [0.29, 0.717) is 5.92 Å². The van der Waals surface area contributed by atoms with Crippen molar-refractivity contribution in [3.8, 4) is 0 Å². The van der Waals surface area contributed by atoms with Crippen LogP contribution in [0.1, 0.15) is 23.2 Å². The minimum Gasteiger partial charge on any atom is -0.373 e. The Hall–Kier alpha value is -1.62. The molecule has 1 fully saturated rings. The Morgan fingerprint density at radius 1 is 1.45 bits per heavy atom. The monoisotopic (exact) mass is 276 g/mol. The minimum atomic E-state index is 0.118. The van der Waals surface area contributed by atoms with E-state index in [9.17, 15) is 4.79 Å². The van der Waals surface area contributed by atoms with E-state index >= 15 is 0 Å². The summed E-state index contributed by atoms with van der Waals surface area (Å²) in [4.78, 5) is 20.8.